The van der Waals surface area contributed by atoms with Gasteiger partial charge in [0.05, 0.1) is 11.8 Å². The van der Waals surface area contributed by atoms with E-state index in [4.69, 9.17) is 0 Å². The van der Waals surface area contributed by atoms with Gasteiger partial charge in [0.2, 0.25) is 0 Å². The summed E-state index contributed by atoms with van der Waals surface area (Å²) in [5.41, 5.74) is 2.53. The van der Waals surface area contributed by atoms with Crippen LogP contribution in [0.1, 0.15) is 35.2 Å². The number of benzene rings is 1. The van der Waals surface area contributed by atoms with Crippen LogP contribution in [0.15, 0.2) is 30.9 Å². The van der Waals surface area contributed by atoms with Gasteiger partial charge >= 0.3 is 0 Å². The molecular formula is C17H22N4O2. The molecule has 1 saturated carbocycles. The Labute approximate surface area is 135 Å². The van der Waals surface area contributed by atoms with Crippen molar-refractivity contribution in [1.29, 1.82) is 0 Å². The van der Waals surface area contributed by atoms with Crippen molar-refractivity contribution in [3.8, 4) is 5.69 Å². The van der Waals surface area contributed by atoms with E-state index >= 15 is 0 Å². The molecule has 1 amide bonds. The monoisotopic (exact) mass is 314 g/mol. The van der Waals surface area contributed by atoms with Crippen LogP contribution < -0.4 is 0 Å². The van der Waals surface area contributed by atoms with E-state index in [0.717, 1.165) is 30.5 Å². The van der Waals surface area contributed by atoms with Crippen molar-refractivity contribution in [2.75, 3.05) is 13.6 Å². The third-order valence-corrected chi connectivity index (χ3v) is 4.58. The minimum atomic E-state index is -0.276. The number of carbonyl (C=O) groups excluding carboxylic acids is 1. The van der Waals surface area contributed by atoms with Crippen LogP contribution in [0, 0.1) is 12.8 Å². The standard InChI is InChI=1S/C17H22N4O2/c1-12-8-13(6-7-15(12)21-11-18-10-19-21)17(23)20(2)9-14-4-3-5-16(14)22/h6-8,10-11,14,16,22H,3-5,9H2,1-2H3. The van der Waals surface area contributed by atoms with Crippen LogP contribution >= 0.6 is 0 Å². The lowest BCUT2D eigenvalue weighted by atomic mass is 10.0. The molecule has 1 aromatic carbocycles. The van der Waals surface area contributed by atoms with Crippen LogP contribution in [-0.4, -0.2) is 50.4 Å². The van der Waals surface area contributed by atoms with Crippen molar-refractivity contribution >= 4 is 5.91 Å². The zero-order valence-electron chi connectivity index (χ0n) is 13.5. The number of aliphatic hydroxyl groups is 1. The lowest BCUT2D eigenvalue weighted by molar-refractivity contribution is 0.0693. The van der Waals surface area contributed by atoms with Crippen LogP contribution in [0.3, 0.4) is 0 Å². The molecule has 3 rings (SSSR count). The first kappa shape index (κ1) is 15.7. The molecule has 1 N–H and O–H groups in total. The number of hydrogen-bond donors (Lipinski definition) is 1. The van der Waals surface area contributed by atoms with Crippen LogP contribution in [-0.2, 0) is 0 Å². The maximum Gasteiger partial charge on any atom is 0.253 e. The number of aliphatic hydroxyl groups excluding tert-OH is 1. The van der Waals surface area contributed by atoms with Crippen molar-refractivity contribution in [2.45, 2.75) is 32.3 Å². The van der Waals surface area contributed by atoms with Crippen LogP contribution in [0.4, 0.5) is 0 Å². The fourth-order valence-electron chi connectivity index (χ4n) is 3.26. The fraction of sp³-hybridized carbons (Fsp3) is 0.471. The lowest BCUT2D eigenvalue weighted by Crippen LogP contribution is -2.34. The van der Waals surface area contributed by atoms with Crippen LogP contribution in [0.2, 0.25) is 0 Å². The third kappa shape index (κ3) is 3.27. The molecule has 2 atom stereocenters. The molecule has 1 heterocycles. The zero-order valence-corrected chi connectivity index (χ0v) is 13.5. The van der Waals surface area contributed by atoms with Gasteiger partial charge in [0.1, 0.15) is 12.7 Å². The third-order valence-electron chi connectivity index (χ3n) is 4.58. The maximum atomic E-state index is 12.6. The second kappa shape index (κ2) is 6.50. The summed E-state index contributed by atoms with van der Waals surface area (Å²) in [7, 11) is 1.80. The van der Waals surface area contributed by atoms with Gasteiger partial charge in [0, 0.05) is 25.1 Å². The zero-order chi connectivity index (χ0) is 16.4. The van der Waals surface area contributed by atoms with Gasteiger partial charge in [-0.15, -0.1) is 0 Å². The quantitative estimate of drug-likeness (QED) is 0.934. The van der Waals surface area contributed by atoms with Gasteiger partial charge in [-0.3, -0.25) is 4.79 Å². The number of nitrogens with zero attached hydrogens (tertiary/aromatic N) is 4. The van der Waals surface area contributed by atoms with E-state index in [1.807, 2.05) is 25.1 Å². The van der Waals surface area contributed by atoms with E-state index in [9.17, 15) is 9.90 Å². The molecule has 6 nitrogen and oxygen atoms in total. The molecule has 0 saturated heterocycles. The average Bonchev–Trinajstić information content (AvgIpc) is 3.19. The van der Waals surface area contributed by atoms with Crippen LogP contribution in [0.5, 0.6) is 0 Å². The summed E-state index contributed by atoms with van der Waals surface area (Å²) < 4.78 is 1.68. The average molecular weight is 314 g/mol. The Morgan fingerprint density at radius 1 is 1.43 bits per heavy atom. The highest BCUT2D eigenvalue weighted by Gasteiger charge is 2.27. The highest BCUT2D eigenvalue weighted by atomic mass is 16.3. The SMILES string of the molecule is Cc1cc(C(=O)N(C)CC2CCCC2O)ccc1-n1cncn1. The lowest BCUT2D eigenvalue weighted by Gasteiger charge is -2.23. The molecule has 2 aromatic rings. The summed E-state index contributed by atoms with van der Waals surface area (Å²) in [6.45, 7) is 2.55. The molecule has 23 heavy (non-hydrogen) atoms. The van der Waals surface area contributed by atoms with E-state index < -0.39 is 0 Å². The topological polar surface area (TPSA) is 71.2 Å². The van der Waals surface area contributed by atoms with E-state index in [1.54, 1.807) is 23.0 Å². The molecule has 6 heteroatoms. The molecule has 1 fully saturated rings. The first-order chi connectivity index (χ1) is 11.1. The van der Waals surface area contributed by atoms with Gasteiger partial charge in [-0.05, 0) is 43.5 Å². The molecular weight excluding hydrogens is 292 g/mol. The summed E-state index contributed by atoms with van der Waals surface area (Å²) in [5.74, 6) is 0.178. The van der Waals surface area contributed by atoms with Gasteiger partial charge in [-0.2, -0.15) is 5.10 Å². The maximum absolute atomic E-state index is 12.6. The van der Waals surface area contributed by atoms with Crippen molar-refractivity contribution < 1.29 is 9.90 Å². The van der Waals surface area contributed by atoms with Crippen LogP contribution in [0.25, 0.3) is 5.69 Å². The Bertz CT molecular complexity index is 684. The minimum absolute atomic E-state index is 0.0164. The first-order valence-electron chi connectivity index (χ1n) is 7.95. The fourth-order valence-corrected chi connectivity index (χ4v) is 3.26. The normalized spacial score (nSPS) is 20.7. The van der Waals surface area contributed by atoms with Gasteiger partial charge < -0.3 is 10.0 Å². The minimum Gasteiger partial charge on any atom is -0.393 e. The van der Waals surface area contributed by atoms with E-state index in [2.05, 4.69) is 10.1 Å². The number of rotatable bonds is 4. The van der Waals surface area contributed by atoms with Crippen molar-refractivity contribution in [3.63, 3.8) is 0 Å². The largest absolute Gasteiger partial charge is 0.393 e. The molecule has 1 aromatic heterocycles. The number of aromatic nitrogens is 3. The smallest absolute Gasteiger partial charge is 0.253 e. The first-order valence-corrected chi connectivity index (χ1v) is 7.95. The Balaban J connectivity index is 1.73. The highest BCUT2D eigenvalue weighted by Crippen LogP contribution is 2.26. The molecule has 0 aliphatic heterocycles. The van der Waals surface area contributed by atoms with E-state index in [1.165, 1.54) is 6.33 Å². The number of aryl methyl sites for hydroxylation is 1. The predicted octanol–water partition coefficient (Wildman–Crippen LogP) is 1.81. The van der Waals surface area contributed by atoms with Crippen molar-refractivity contribution in [2.24, 2.45) is 5.92 Å². The van der Waals surface area contributed by atoms with Crippen molar-refractivity contribution in [1.82, 2.24) is 19.7 Å². The highest BCUT2D eigenvalue weighted by molar-refractivity contribution is 5.94. The Kier molecular flexibility index (Phi) is 4.43. The van der Waals surface area contributed by atoms with E-state index in [-0.39, 0.29) is 17.9 Å². The molecule has 122 valence electrons. The molecule has 1 aliphatic carbocycles. The Morgan fingerprint density at radius 3 is 2.87 bits per heavy atom. The number of amides is 1. The summed E-state index contributed by atoms with van der Waals surface area (Å²) >= 11 is 0. The molecule has 0 radical (unpaired) electrons. The Hall–Kier alpha value is -2.21. The van der Waals surface area contributed by atoms with E-state index in [0.29, 0.717) is 12.1 Å². The van der Waals surface area contributed by atoms with Gasteiger partial charge in [-0.25, -0.2) is 9.67 Å². The summed E-state index contributed by atoms with van der Waals surface area (Å²) in [6, 6.07) is 5.57. The number of carbonyl (C=O) groups is 1. The second-order valence-electron chi connectivity index (χ2n) is 6.29. The number of hydrogen-bond acceptors (Lipinski definition) is 4. The summed E-state index contributed by atoms with van der Waals surface area (Å²) in [4.78, 5) is 18.3. The predicted molar refractivity (Wildman–Crippen MR) is 86.4 cm³/mol. The molecule has 1 aliphatic rings. The van der Waals surface area contributed by atoms with Gasteiger partial charge in [0.25, 0.3) is 5.91 Å². The Morgan fingerprint density at radius 2 is 2.26 bits per heavy atom. The molecule has 2 unspecified atom stereocenters. The van der Waals surface area contributed by atoms with Crippen molar-refractivity contribution in [3.05, 3.63) is 42.0 Å². The van der Waals surface area contributed by atoms with Gasteiger partial charge in [-0.1, -0.05) is 6.42 Å². The second-order valence-corrected chi connectivity index (χ2v) is 6.29. The molecule has 0 spiro atoms. The summed E-state index contributed by atoms with van der Waals surface area (Å²) in [6.07, 6.45) is 5.72. The summed E-state index contributed by atoms with van der Waals surface area (Å²) in [5, 5.41) is 14.0. The van der Waals surface area contributed by atoms with Gasteiger partial charge in [0.15, 0.2) is 0 Å². The molecule has 0 bridgehead atoms.